The van der Waals surface area contributed by atoms with Crippen LogP contribution in [0.15, 0.2) is 12.1 Å². The van der Waals surface area contributed by atoms with Crippen molar-refractivity contribution in [1.29, 1.82) is 0 Å². The average molecular weight is 201 g/mol. The Morgan fingerprint density at radius 3 is 2.36 bits per heavy atom. The molecule has 0 unspecified atom stereocenters. The summed E-state index contributed by atoms with van der Waals surface area (Å²) in [5.41, 5.74) is 6.96. The zero-order chi connectivity index (χ0) is 10.9. The molecule has 1 rings (SSSR count). The number of aliphatic hydroxyl groups excluding tert-OH is 1. The Kier molecular flexibility index (Phi) is 2.76. The molecule has 1 aromatic carbocycles. The summed E-state index contributed by atoms with van der Waals surface area (Å²) in [6.07, 6.45) is 0. The third-order valence-electron chi connectivity index (χ3n) is 2.42. The van der Waals surface area contributed by atoms with Crippen molar-refractivity contribution >= 4 is 5.69 Å². The highest BCUT2D eigenvalue weighted by atomic mass is 19.3. The molecule has 14 heavy (non-hydrogen) atoms. The van der Waals surface area contributed by atoms with Gasteiger partial charge in [-0.1, -0.05) is 6.07 Å². The number of halogens is 2. The van der Waals surface area contributed by atoms with Gasteiger partial charge in [-0.15, -0.1) is 0 Å². The molecule has 0 saturated heterocycles. The van der Waals surface area contributed by atoms with Gasteiger partial charge in [-0.2, -0.15) is 8.78 Å². The molecule has 0 atom stereocenters. The molecular formula is C10H13F2NO. The Bertz CT molecular complexity index is 350. The molecule has 0 amide bonds. The predicted molar refractivity (Wildman–Crippen MR) is 51.3 cm³/mol. The monoisotopic (exact) mass is 201 g/mol. The van der Waals surface area contributed by atoms with E-state index in [0.29, 0.717) is 16.8 Å². The fraction of sp³-hybridized carbons (Fsp3) is 0.400. The molecule has 78 valence electrons. The number of aliphatic hydroxyl groups is 1. The number of benzene rings is 1. The summed E-state index contributed by atoms with van der Waals surface area (Å²) in [4.78, 5) is 0. The van der Waals surface area contributed by atoms with Gasteiger partial charge in [0, 0.05) is 11.3 Å². The van der Waals surface area contributed by atoms with Gasteiger partial charge in [0.2, 0.25) is 0 Å². The highest BCUT2D eigenvalue weighted by molar-refractivity contribution is 5.53. The van der Waals surface area contributed by atoms with E-state index in [2.05, 4.69) is 0 Å². The van der Waals surface area contributed by atoms with E-state index in [0.717, 1.165) is 0 Å². The summed E-state index contributed by atoms with van der Waals surface area (Å²) in [7, 11) is 0. The molecule has 0 aromatic heterocycles. The molecule has 0 heterocycles. The molecule has 0 aliphatic carbocycles. The number of alkyl halides is 2. The summed E-state index contributed by atoms with van der Waals surface area (Å²) in [6.45, 7) is 2.07. The first-order valence-electron chi connectivity index (χ1n) is 4.25. The molecule has 1 aromatic rings. The van der Waals surface area contributed by atoms with Crippen LogP contribution in [0.2, 0.25) is 0 Å². The number of nitrogen functional groups attached to an aromatic ring is 1. The molecule has 0 bridgehead atoms. The zero-order valence-electron chi connectivity index (χ0n) is 8.14. The highest BCUT2D eigenvalue weighted by Crippen LogP contribution is 2.32. The molecule has 0 saturated carbocycles. The maximum absolute atomic E-state index is 13.2. The number of rotatable bonds is 2. The number of hydrogen-bond donors (Lipinski definition) is 2. The van der Waals surface area contributed by atoms with Crippen LogP contribution in [-0.2, 0) is 5.92 Å². The average Bonchev–Trinajstić information content (AvgIpc) is 2.14. The van der Waals surface area contributed by atoms with Crippen molar-refractivity contribution in [2.24, 2.45) is 0 Å². The van der Waals surface area contributed by atoms with Gasteiger partial charge >= 0.3 is 0 Å². The summed E-state index contributed by atoms with van der Waals surface area (Å²) >= 11 is 0. The lowest BCUT2D eigenvalue weighted by molar-refractivity contribution is -0.0561. The van der Waals surface area contributed by atoms with E-state index in [4.69, 9.17) is 10.8 Å². The second-order valence-electron chi connectivity index (χ2n) is 3.31. The van der Waals surface area contributed by atoms with Crippen LogP contribution in [0.25, 0.3) is 0 Å². The first kappa shape index (κ1) is 10.9. The second-order valence-corrected chi connectivity index (χ2v) is 3.31. The minimum atomic E-state index is -3.19. The fourth-order valence-electron chi connectivity index (χ4n) is 1.32. The topological polar surface area (TPSA) is 46.2 Å². The van der Waals surface area contributed by atoms with Crippen LogP contribution in [0.5, 0.6) is 0 Å². The van der Waals surface area contributed by atoms with E-state index in [1.54, 1.807) is 13.8 Å². The van der Waals surface area contributed by atoms with Crippen LogP contribution in [0.1, 0.15) is 16.7 Å². The van der Waals surface area contributed by atoms with Crippen LogP contribution >= 0.6 is 0 Å². The third kappa shape index (κ3) is 1.70. The minimum Gasteiger partial charge on any atom is -0.399 e. The SMILES string of the molecule is Cc1c(N)ccc(C(F)(F)CO)c1C. The Hall–Kier alpha value is -1.16. The van der Waals surface area contributed by atoms with E-state index in [9.17, 15) is 8.78 Å². The molecule has 0 aliphatic heterocycles. The lowest BCUT2D eigenvalue weighted by Crippen LogP contribution is -2.20. The van der Waals surface area contributed by atoms with Crippen molar-refractivity contribution < 1.29 is 13.9 Å². The van der Waals surface area contributed by atoms with Crippen molar-refractivity contribution in [2.45, 2.75) is 19.8 Å². The second kappa shape index (κ2) is 3.53. The van der Waals surface area contributed by atoms with Gasteiger partial charge in [0.1, 0.15) is 6.61 Å². The van der Waals surface area contributed by atoms with Crippen LogP contribution in [0.4, 0.5) is 14.5 Å². The number of anilines is 1. The number of nitrogens with two attached hydrogens (primary N) is 1. The summed E-state index contributed by atoms with van der Waals surface area (Å²) in [5, 5.41) is 8.55. The lowest BCUT2D eigenvalue weighted by atomic mass is 9.97. The summed E-state index contributed by atoms with van der Waals surface area (Å²) in [6, 6.07) is 2.69. The largest absolute Gasteiger partial charge is 0.399 e. The Balaban J connectivity index is 3.31. The van der Waals surface area contributed by atoms with Crippen molar-refractivity contribution in [3.63, 3.8) is 0 Å². The smallest absolute Gasteiger partial charge is 0.296 e. The van der Waals surface area contributed by atoms with Crippen LogP contribution < -0.4 is 5.73 Å². The van der Waals surface area contributed by atoms with Gasteiger partial charge in [0.15, 0.2) is 0 Å². The van der Waals surface area contributed by atoms with Crippen molar-refractivity contribution in [1.82, 2.24) is 0 Å². The standard InChI is InChI=1S/C10H13F2NO/c1-6-7(2)9(13)4-3-8(6)10(11,12)5-14/h3-4,14H,5,13H2,1-2H3. The fourth-order valence-corrected chi connectivity index (χ4v) is 1.32. The molecule has 0 fully saturated rings. The Morgan fingerprint density at radius 2 is 1.86 bits per heavy atom. The molecular weight excluding hydrogens is 188 g/mol. The maximum atomic E-state index is 13.2. The lowest BCUT2D eigenvalue weighted by Gasteiger charge is -2.18. The Labute approximate surface area is 81.4 Å². The first-order chi connectivity index (χ1) is 6.40. The highest BCUT2D eigenvalue weighted by Gasteiger charge is 2.32. The third-order valence-corrected chi connectivity index (χ3v) is 2.42. The van der Waals surface area contributed by atoms with Crippen molar-refractivity contribution in [3.05, 3.63) is 28.8 Å². The maximum Gasteiger partial charge on any atom is 0.296 e. The van der Waals surface area contributed by atoms with Gasteiger partial charge in [-0.05, 0) is 31.0 Å². The predicted octanol–water partition coefficient (Wildman–Crippen LogP) is 1.97. The van der Waals surface area contributed by atoms with E-state index in [1.165, 1.54) is 12.1 Å². The summed E-state index contributed by atoms with van der Waals surface area (Å²) in [5.74, 6) is -3.19. The Morgan fingerprint density at radius 1 is 1.29 bits per heavy atom. The van der Waals surface area contributed by atoms with Gasteiger partial charge in [0.05, 0.1) is 0 Å². The molecule has 2 nitrogen and oxygen atoms in total. The quantitative estimate of drug-likeness (QED) is 0.718. The zero-order valence-corrected chi connectivity index (χ0v) is 8.14. The van der Waals surface area contributed by atoms with Crippen molar-refractivity contribution in [2.75, 3.05) is 12.3 Å². The van der Waals surface area contributed by atoms with Crippen LogP contribution in [-0.4, -0.2) is 11.7 Å². The normalized spacial score (nSPS) is 11.8. The minimum absolute atomic E-state index is 0.160. The number of hydrogen-bond acceptors (Lipinski definition) is 2. The van der Waals surface area contributed by atoms with Crippen LogP contribution in [0.3, 0.4) is 0 Å². The van der Waals surface area contributed by atoms with Gasteiger partial charge in [0.25, 0.3) is 5.92 Å². The van der Waals surface area contributed by atoms with Crippen LogP contribution in [0, 0.1) is 13.8 Å². The van der Waals surface area contributed by atoms with E-state index in [-0.39, 0.29) is 5.56 Å². The molecule has 3 N–H and O–H groups in total. The summed E-state index contributed by atoms with van der Waals surface area (Å²) < 4.78 is 26.3. The van der Waals surface area contributed by atoms with Gasteiger partial charge in [-0.25, -0.2) is 0 Å². The first-order valence-corrected chi connectivity index (χ1v) is 4.25. The van der Waals surface area contributed by atoms with Gasteiger partial charge < -0.3 is 10.8 Å². The van der Waals surface area contributed by atoms with E-state index < -0.39 is 12.5 Å². The molecule has 0 aliphatic rings. The van der Waals surface area contributed by atoms with E-state index in [1.807, 2.05) is 0 Å². The van der Waals surface area contributed by atoms with Gasteiger partial charge in [-0.3, -0.25) is 0 Å². The van der Waals surface area contributed by atoms with E-state index >= 15 is 0 Å². The molecule has 4 heteroatoms. The molecule has 0 spiro atoms. The van der Waals surface area contributed by atoms with Crippen molar-refractivity contribution in [3.8, 4) is 0 Å². The molecule has 0 radical (unpaired) electrons.